The van der Waals surface area contributed by atoms with E-state index in [0.717, 1.165) is 26.7 Å². The number of fused-ring (bicyclic) bond motifs is 3. The molecule has 0 saturated carbocycles. The number of carbonyl (C=O) groups is 2. The Bertz CT molecular complexity index is 1720. The van der Waals surface area contributed by atoms with Gasteiger partial charge < -0.3 is 14.2 Å². The summed E-state index contributed by atoms with van der Waals surface area (Å²) in [6.07, 6.45) is 0. The highest BCUT2D eigenvalue weighted by Gasteiger charge is 2.29. The lowest BCUT2D eigenvalue weighted by Crippen LogP contribution is -2.32. The molecule has 2 heterocycles. The van der Waals surface area contributed by atoms with Crippen LogP contribution in [-0.4, -0.2) is 37.7 Å². The second-order valence-corrected chi connectivity index (χ2v) is 10.1. The van der Waals surface area contributed by atoms with E-state index in [-0.39, 0.29) is 5.91 Å². The molecule has 40 heavy (non-hydrogen) atoms. The van der Waals surface area contributed by atoms with Gasteiger partial charge in [0, 0.05) is 20.7 Å². The molecule has 0 saturated heterocycles. The van der Waals surface area contributed by atoms with E-state index in [1.165, 1.54) is 0 Å². The van der Waals surface area contributed by atoms with E-state index in [2.05, 4.69) is 0 Å². The highest BCUT2D eigenvalue weighted by atomic mass is 32.2. The first kappa shape index (κ1) is 25.5. The number of nitrogens with zero attached hydrogens (tertiary/aromatic N) is 2. The van der Waals surface area contributed by atoms with Gasteiger partial charge in [0.15, 0.2) is 18.1 Å². The van der Waals surface area contributed by atoms with Crippen molar-refractivity contribution < 1.29 is 23.8 Å². The summed E-state index contributed by atoms with van der Waals surface area (Å²) in [6.45, 7) is -0.422. The second kappa shape index (κ2) is 10.7. The summed E-state index contributed by atoms with van der Waals surface area (Å²) in [6, 6.07) is 29.8. The van der Waals surface area contributed by atoms with Crippen molar-refractivity contribution in [3.63, 3.8) is 0 Å². The van der Waals surface area contributed by atoms with Crippen LogP contribution in [0.1, 0.15) is 10.4 Å². The maximum absolute atomic E-state index is 13.5. The van der Waals surface area contributed by atoms with E-state index in [1.807, 2.05) is 78.9 Å². The summed E-state index contributed by atoms with van der Waals surface area (Å²) in [7, 11) is 3.13. The molecule has 1 amide bonds. The van der Waals surface area contributed by atoms with Crippen molar-refractivity contribution >= 4 is 45.9 Å². The Labute approximate surface area is 235 Å². The summed E-state index contributed by atoms with van der Waals surface area (Å²) >= 11 is 1.61. The van der Waals surface area contributed by atoms with Crippen molar-refractivity contribution in [1.29, 1.82) is 0 Å². The average Bonchev–Trinajstić information content (AvgIpc) is 3.01. The van der Waals surface area contributed by atoms with Gasteiger partial charge in [0.25, 0.3) is 5.91 Å². The molecule has 4 aromatic carbocycles. The molecular weight excluding hydrogens is 524 g/mol. The molecule has 0 N–H and O–H groups in total. The standard InChI is InChI=1S/C32H24N2O5S/c1-37-27-16-15-20(17-28(27)38-2)24-18-22(21-9-3-4-10-23(21)33-24)32(36)39-19-31(35)34-25-11-5-7-13-29(25)40-30-14-8-6-12-26(30)34/h3-18H,19H2,1-2H3. The molecule has 0 radical (unpaired) electrons. The second-order valence-electron chi connectivity index (χ2n) is 8.98. The summed E-state index contributed by atoms with van der Waals surface area (Å²) in [5.74, 6) is 0.183. The molecule has 6 rings (SSSR count). The van der Waals surface area contributed by atoms with Crippen LogP contribution in [0, 0.1) is 0 Å². The SMILES string of the molecule is COc1ccc(-c2cc(C(=O)OCC(=O)N3c4ccccc4Sc4ccccc43)c3ccccc3n2)cc1OC. The van der Waals surface area contributed by atoms with Crippen molar-refractivity contribution in [2.24, 2.45) is 0 Å². The number of ether oxygens (including phenoxy) is 3. The fourth-order valence-corrected chi connectivity index (χ4v) is 5.79. The fourth-order valence-electron chi connectivity index (χ4n) is 4.73. The maximum Gasteiger partial charge on any atom is 0.339 e. The molecule has 0 unspecified atom stereocenters. The maximum atomic E-state index is 13.5. The number of para-hydroxylation sites is 3. The summed E-state index contributed by atoms with van der Waals surface area (Å²) in [5.41, 5.74) is 3.78. The predicted molar refractivity (Wildman–Crippen MR) is 155 cm³/mol. The van der Waals surface area contributed by atoms with Gasteiger partial charge in [-0.15, -0.1) is 0 Å². The Morgan fingerprint density at radius 3 is 2.12 bits per heavy atom. The fraction of sp³-hybridized carbons (Fsp3) is 0.0938. The topological polar surface area (TPSA) is 78.0 Å². The zero-order valence-corrected chi connectivity index (χ0v) is 22.6. The van der Waals surface area contributed by atoms with Gasteiger partial charge in [0.05, 0.1) is 42.4 Å². The molecule has 0 bridgehead atoms. The number of pyridine rings is 1. The first-order valence-corrected chi connectivity index (χ1v) is 13.4. The van der Waals surface area contributed by atoms with Gasteiger partial charge >= 0.3 is 5.97 Å². The quantitative estimate of drug-likeness (QED) is 0.214. The number of aromatic nitrogens is 1. The lowest BCUT2D eigenvalue weighted by Gasteiger charge is -2.30. The number of esters is 1. The van der Waals surface area contributed by atoms with E-state index < -0.39 is 12.6 Å². The van der Waals surface area contributed by atoms with Gasteiger partial charge in [-0.3, -0.25) is 9.69 Å². The van der Waals surface area contributed by atoms with E-state index >= 15 is 0 Å². The molecule has 1 aliphatic heterocycles. The first-order chi connectivity index (χ1) is 19.6. The van der Waals surface area contributed by atoms with Gasteiger partial charge in [0.1, 0.15) is 0 Å². The third-order valence-electron chi connectivity index (χ3n) is 6.62. The Kier molecular flexibility index (Phi) is 6.84. The minimum absolute atomic E-state index is 0.318. The van der Waals surface area contributed by atoms with Gasteiger partial charge in [0.2, 0.25) is 0 Å². The Hall–Kier alpha value is -4.82. The number of methoxy groups -OCH3 is 2. The van der Waals surface area contributed by atoms with Crippen LogP contribution in [0.2, 0.25) is 0 Å². The third kappa shape index (κ3) is 4.63. The van der Waals surface area contributed by atoms with Crippen molar-refractivity contribution in [3.8, 4) is 22.8 Å². The van der Waals surface area contributed by atoms with E-state index in [1.54, 1.807) is 49.1 Å². The highest BCUT2D eigenvalue weighted by Crippen LogP contribution is 2.47. The van der Waals surface area contributed by atoms with Crippen molar-refractivity contribution in [3.05, 3.63) is 103 Å². The monoisotopic (exact) mass is 548 g/mol. The van der Waals surface area contributed by atoms with Crippen LogP contribution in [0.5, 0.6) is 11.5 Å². The molecule has 5 aromatic rings. The van der Waals surface area contributed by atoms with Crippen molar-refractivity contribution in [1.82, 2.24) is 4.98 Å². The number of carbonyl (C=O) groups excluding carboxylic acids is 2. The van der Waals surface area contributed by atoms with Crippen molar-refractivity contribution in [2.75, 3.05) is 25.7 Å². The lowest BCUT2D eigenvalue weighted by molar-refractivity contribution is -0.121. The number of hydrogen-bond acceptors (Lipinski definition) is 7. The van der Waals surface area contributed by atoms with Gasteiger partial charge in [-0.25, -0.2) is 9.78 Å². The van der Waals surface area contributed by atoms with Gasteiger partial charge in [-0.1, -0.05) is 54.2 Å². The molecule has 1 aliphatic rings. The lowest BCUT2D eigenvalue weighted by atomic mass is 10.0. The molecule has 0 fully saturated rings. The Morgan fingerprint density at radius 2 is 1.43 bits per heavy atom. The van der Waals surface area contributed by atoms with E-state index in [0.29, 0.717) is 33.7 Å². The molecule has 198 valence electrons. The van der Waals surface area contributed by atoms with Crippen LogP contribution in [0.15, 0.2) is 107 Å². The van der Waals surface area contributed by atoms with Crippen LogP contribution < -0.4 is 14.4 Å². The number of amides is 1. The van der Waals surface area contributed by atoms with Crippen molar-refractivity contribution in [2.45, 2.75) is 9.79 Å². The molecule has 0 spiro atoms. The van der Waals surface area contributed by atoms with Crippen LogP contribution in [0.3, 0.4) is 0 Å². The molecule has 0 atom stereocenters. The predicted octanol–water partition coefficient (Wildman–Crippen LogP) is 6.91. The number of benzene rings is 4. The smallest absolute Gasteiger partial charge is 0.339 e. The number of anilines is 2. The van der Waals surface area contributed by atoms with Crippen LogP contribution >= 0.6 is 11.8 Å². The minimum Gasteiger partial charge on any atom is -0.493 e. The first-order valence-electron chi connectivity index (χ1n) is 12.6. The molecule has 7 nitrogen and oxygen atoms in total. The molecule has 1 aromatic heterocycles. The molecular formula is C32H24N2O5S. The summed E-state index contributed by atoms with van der Waals surface area (Å²) in [5, 5.41) is 0.634. The zero-order valence-electron chi connectivity index (χ0n) is 21.8. The van der Waals surface area contributed by atoms with Gasteiger partial charge in [-0.2, -0.15) is 0 Å². The Balaban J connectivity index is 1.31. The minimum atomic E-state index is -0.610. The average molecular weight is 549 g/mol. The highest BCUT2D eigenvalue weighted by molar-refractivity contribution is 7.99. The van der Waals surface area contributed by atoms with Crippen LogP contribution in [0.25, 0.3) is 22.2 Å². The van der Waals surface area contributed by atoms with Gasteiger partial charge in [-0.05, 0) is 54.6 Å². The number of hydrogen-bond donors (Lipinski definition) is 0. The van der Waals surface area contributed by atoms with Crippen LogP contribution in [-0.2, 0) is 9.53 Å². The summed E-state index contributed by atoms with van der Waals surface area (Å²) in [4.78, 5) is 35.3. The van der Waals surface area contributed by atoms with Crippen LogP contribution in [0.4, 0.5) is 11.4 Å². The Morgan fingerprint density at radius 1 is 0.775 bits per heavy atom. The molecule has 8 heteroatoms. The van der Waals surface area contributed by atoms with E-state index in [4.69, 9.17) is 19.2 Å². The molecule has 0 aliphatic carbocycles. The zero-order chi connectivity index (χ0) is 27.6. The largest absolute Gasteiger partial charge is 0.493 e. The third-order valence-corrected chi connectivity index (χ3v) is 7.75. The number of rotatable bonds is 6. The normalized spacial score (nSPS) is 11.9. The van der Waals surface area contributed by atoms with E-state index in [9.17, 15) is 9.59 Å². The summed E-state index contributed by atoms with van der Waals surface area (Å²) < 4.78 is 16.4.